The molecule has 0 radical (unpaired) electrons. The van der Waals surface area contributed by atoms with Gasteiger partial charge in [-0.25, -0.2) is 8.42 Å². The quantitative estimate of drug-likeness (QED) is 0.533. The molecule has 3 aromatic rings. The topological polar surface area (TPSA) is 99.5 Å². The number of hydrogen-bond acceptors (Lipinski definition) is 5. The lowest BCUT2D eigenvalue weighted by Gasteiger charge is -2.30. The molecule has 8 heteroatoms. The lowest BCUT2D eigenvalue weighted by atomic mass is 9.98. The van der Waals surface area contributed by atoms with Gasteiger partial charge in [-0.1, -0.05) is 30.3 Å². The molecule has 0 aromatic heterocycles. The van der Waals surface area contributed by atoms with Crippen molar-refractivity contribution in [3.8, 4) is 11.8 Å². The second-order valence-corrected chi connectivity index (χ2v) is 10.8. The smallest absolute Gasteiger partial charge is 0.264 e. The molecule has 0 atom stereocenters. The summed E-state index contributed by atoms with van der Waals surface area (Å²) in [6, 6.07) is 23.3. The van der Waals surface area contributed by atoms with E-state index in [1.807, 2.05) is 36.4 Å². The first-order valence-corrected chi connectivity index (χ1v) is 13.0. The van der Waals surface area contributed by atoms with Crippen LogP contribution in [0.4, 0.5) is 11.4 Å². The molecule has 35 heavy (non-hydrogen) atoms. The molecule has 7 nitrogen and oxygen atoms in total. The number of sulfonamides is 1. The molecule has 0 spiro atoms. The summed E-state index contributed by atoms with van der Waals surface area (Å²) in [5.41, 5.74) is 2.99. The number of hydrogen-bond donors (Lipinski definition) is 1. The van der Waals surface area contributed by atoms with Crippen LogP contribution < -0.4 is 14.4 Å². The summed E-state index contributed by atoms with van der Waals surface area (Å²) >= 11 is 0. The van der Waals surface area contributed by atoms with Crippen molar-refractivity contribution in [3.05, 3.63) is 83.9 Å². The monoisotopic (exact) mass is 487 g/mol. The lowest BCUT2D eigenvalue weighted by Crippen LogP contribution is -2.35. The minimum atomic E-state index is -3.70. The third kappa shape index (κ3) is 4.60. The predicted octanol–water partition coefficient (Wildman–Crippen LogP) is 4.40. The number of carbonyl (C=O) groups is 1. The molecule has 1 fully saturated rings. The number of amides is 1. The van der Waals surface area contributed by atoms with Crippen LogP contribution in [0.5, 0.6) is 5.75 Å². The fraction of sp³-hybridized carbons (Fsp3) is 0.259. The largest absolute Gasteiger partial charge is 0.484 e. The number of anilines is 2. The number of fused-ring (bicyclic) bond motifs is 1. The number of aryl methyl sites for hydroxylation is 1. The molecular formula is C27H25N3O4S. The summed E-state index contributed by atoms with van der Waals surface area (Å²) in [7, 11) is -3.70. The molecule has 1 aliphatic carbocycles. The Labute approximate surface area is 205 Å². The van der Waals surface area contributed by atoms with Gasteiger partial charge in [0.05, 0.1) is 22.1 Å². The molecule has 1 heterocycles. The molecule has 0 saturated heterocycles. The minimum absolute atomic E-state index is 0.178. The summed E-state index contributed by atoms with van der Waals surface area (Å²) in [6.07, 6.45) is 3.37. The van der Waals surface area contributed by atoms with E-state index < -0.39 is 10.0 Å². The number of rotatable bonds is 7. The van der Waals surface area contributed by atoms with Crippen LogP contribution in [0.25, 0.3) is 0 Å². The van der Waals surface area contributed by atoms with Crippen LogP contribution >= 0.6 is 0 Å². The van der Waals surface area contributed by atoms with E-state index in [2.05, 4.69) is 11.4 Å². The van der Waals surface area contributed by atoms with Gasteiger partial charge < -0.3 is 10.1 Å². The van der Waals surface area contributed by atoms with E-state index in [-0.39, 0.29) is 22.8 Å². The Morgan fingerprint density at radius 2 is 1.74 bits per heavy atom. The van der Waals surface area contributed by atoms with Crippen LogP contribution in [0.1, 0.15) is 30.4 Å². The van der Waals surface area contributed by atoms with Gasteiger partial charge in [-0.3, -0.25) is 9.10 Å². The number of nitrogens with one attached hydrogen (secondary N) is 1. The SMILES string of the molecule is N#CC1(c2ccc(NC(=O)COc3ccc(S(=O)(=O)N4CCCc5ccccc54)cc3)cc2)CC1. The predicted molar refractivity (Wildman–Crippen MR) is 133 cm³/mol. The van der Waals surface area contributed by atoms with Gasteiger partial charge in [0.2, 0.25) is 0 Å². The molecule has 0 bridgehead atoms. The Balaban J connectivity index is 1.19. The van der Waals surface area contributed by atoms with Crippen LogP contribution in [0.3, 0.4) is 0 Å². The van der Waals surface area contributed by atoms with Crippen LogP contribution in [-0.2, 0) is 26.7 Å². The maximum Gasteiger partial charge on any atom is 0.264 e. The Morgan fingerprint density at radius 3 is 2.43 bits per heavy atom. The second-order valence-electron chi connectivity index (χ2n) is 8.89. The average Bonchev–Trinajstić information content (AvgIpc) is 3.69. The van der Waals surface area contributed by atoms with E-state index in [0.717, 1.165) is 42.5 Å². The number of benzene rings is 3. The molecule has 1 saturated carbocycles. The Bertz CT molecular complexity index is 1390. The first-order chi connectivity index (χ1) is 16.9. The molecule has 178 valence electrons. The van der Waals surface area contributed by atoms with Crippen molar-refractivity contribution in [2.45, 2.75) is 36.0 Å². The third-order valence-corrected chi connectivity index (χ3v) is 8.36. The van der Waals surface area contributed by atoms with Gasteiger partial charge in [0.15, 0.2) is 6.61 Å². The van der Waals surface area contributed by atoms with Crippen LogP contribution in [0.2, 0.25) is 0 Å². The zero-order chi connectivity index (χ0) is 24.5. The summed E-state index contributed by atoms with van der Waals surface area (Å²) < 4.78 is 33.5. The first-order valence-electron chi connectivity index (χ1n) is 11.6. The molecule has 1 aliphatic heterocycles. The van der Waals surface area contributed by atoms with Crippen molar-refractivity contribution in [1.29, 1.82) is 5.26 Å². The van der Waals surface area contributed by atoms with E-state index in [9.17, 15) is 18.5 Å². The van der Waals surface area contributed by atoms with E-state index in [4.69, 9.17) is 4.74 Å². The van der Waals surface area contributed by atoms with Crippen molar-refractivity contribution in [2.75, 3.05) is 22.8 Å². The molecule has 2 aliphatic rings. The highest BCUT2D eigenvalue weighted by Crippen LogP contribution is 2.47. The van der Waals surface area contributed by atoms with Crippen molar-refractivity contribution >= 4 is 27.3 Å². The highest BCUT2D eigenvalue weighted by Gasteiger charge is 2.44. The minimum Gasteiger partial charge on any atom is -0.484 e. The van der Waals surface area contributed by atoms with Crippen LogP contribution in [0.15, 0.2) is 77.7 Å². The highest BCUT2D eigenvalue weighted by atomic mass is 32.2. The summed E-state index contributed by atoms with van der Waals surface area (Å²) in [5, 5.41) is 12.1. The second kappa shape index (κ2) is 9.08. The number of nitrogens with zero attached hydrogens (tertiary/aromatic N) is 2. The molecular weight excluding hydrogens is 462 g/mol. The number of carbonyl (C=O) groups excluding carboxylic acids is 1. The fourth-order valence-corrected chi connectivity index (χ4v) is 5.93. The Morgan fingerprint density at radius 1 is 1.03 bits per heavy atom. The van der Waals surface area contributed by atoms with Gasteiger partial charge >= 0.3 is 0 Å². The molecule has 1 amide bonds. The molecule has 1 N–H and O–H groups in total. The molecule has 0 unspecified atom stereocenters. The van der Waals surface area contributed by atoms with Gasteiger partial charge in [-0.15, -0.1) is 0 Å². The molecule has 5 rings (SSSR count). The van der Waals surface area contributed by atoms with E-state index in [0.29, 0.717) is 18.0 Å². The van der Waals surface area contributed by atoms with E-state index >= 15 is 0 Å². The number of para-hydroxylation sites is 1. The fourth-order valence-electron chi connectivity index (χ4n) is 4.39. The summed E-state index contributed by atoms with van der Waals surface area (Å²) in [4.78, 5) is 12.5. The van der Waals surface area contributed by atoms with Gasteiger partial charge in [-0.05, 0) is 79.3 Å². The summed E-state index contributed by atoms with van der Waals surface area (Å²) in [5.74, 6) is 0.0685. The number of ether oxygens (including phenoxy) is 1. The van der Waals surface area contributed by atoms with Crippen molar-refractivity contribution < 1.29 is 17.9 Å². The van der Waals surface area contributed by atoms with Crippen LogP contribution in [-0.4, -0.2) is 27.5 Å². The third-order valence-electron chi connectivity index (χ3n) is 6.53. The normalized spacial score (nSPS) is 16.0. The van der Waals surface area contributed by atoms with Crippen LogP contribution in [0, 0.1) is 11.3 Å². The standard InChI is InChI=1S/C27H25N3O4S/c28-19-27(15-16-27)21-7-9-22(10-8-21)29-26(31)18-34-23-11-13-24(14-12-23)35(32,33)30-17-3-5-20-4-1-2-6-25(20)30/h1-2,4,6-14H,3,5,15-18H2,(H,29,31). The van der Waals surface area contributed by atoms with E-state index in [1.54, 1.807) is 24.3 Å². The summed E-state index contributed by atoms with van der Waals surface area (Å²) in [6.45, 7) is 0.228. The van der Waals surface area contributed by atoms with Gasteiger partial charge in [-0.2, -0.15) is 5.26 Å². The number of nitriles is 1. The van der Waals surface area contributed by atoms with Gasteiger partial charge in [0.25, 0.3) is 15.9 Å². The average molecular weight is 488 g/mol. The highest BCUT2D eigenvalue weighted by molar-refractivity contribution is 7.92. The molecule has 3 aromatic carbocycles. The zero-order valence-corrected chi connectivity index (χ0v) is 19.9. The van der Waals surface area contributed by atoms with E-state index in [1.165, 1.54) is 16.4 Å². The zero-order valence-electron chi connectivity index (χ0n) is 19.1. The maximum absolute atomic E-state index is 13.2. The van der Waals surface area contributed by atoms with Crippen molar-refractivity contribution in [1.82, 2.24) is 0 Å². The Hall–Kier alpha value is -3.83. The van der Waals surface area contributed by atoms with Crippen molar-refractivity contribution in [3.63, 3.8) is 0 Å². The maximum atomic E-state index is 13.2. The first kappa shape index (κ1) is 22.9. The Kier molecular flexibility index (Phi) is 5.95. The lowest BCUT2D eigenvalue weighted by molar-refractivity contribution is -0.118. The van der Waals surface area contributed by atoms with Gasteiger partial charge in [0, 0.05) is 12.2 Å². The van der Waals surface area contributed by atoms with Gasteiger partial charge in [0.1, 0.15) is 5.75 Å². The van der Waals surface area contributed by atoms with Crippen molar-refractivity contribution in [2.24, 2.45) is 0 Å².